The predicted molar refractivity (Wildman–Crippen MR) is 207 cm³/mol. The number of imidazole rings is 1. The highest BCUT2D eigenvalue weighted by Crippen LogP contribution is 2.57. The van der Waals surface area contributed by atoms with Crippen LogP contribution in [0.3, 0.4) is 0 Å². The normalized spacial score (nSPS) is 17.7. The van der Waals surface area contributed by atoms with Gasteiger partial charge in [0.05, 0.1) is 31.2 Å². The third-order valence-electron chi connectivity index (χ3n) is 9.76. The SMILES string of the molecule is CCC(CC)COC(=O)CC[C@H](N[P@](=O)(OCC1(COC(=O)C(C)C)C/C1=C/n1cnc2c(=O)[nH]c(N)nc21)Oc1ccccc1)C(=O)OCC(CC)CC. The number of nitrogen functional groups attached to an aromatic ring is 1. The third kappa shape index (κ3) is 12.2. The van der Waals surface area contributed by atoms with Crippen molar-refractivity contribution in [2.75, 3.05) is 32.2 Å². The third-order valence-corrected chi connectivity index (χ3v) is 11.3. The van der Waals surface area contributed by atoms with E-state index >= 15 is 0 Å². The molecule has 3 atom stereocenters. The minimum Gasteiger partial charge on any atom is -0.465 e. The maximum atomic E-state index is 14.8. The van der Waals surface area contributed by atoms with Gasteiger partial charge < -0.3 is 24.5 Å². The molecule has 0 amide bonds. The largest absolute Gasteiger partial charge is 0.465 e. The van der Waals surface area contributed by atoms with Crippen LogP contribution in [0.25, 0.3) is 17.4 Å². The van der Waals surface area contributed by atoms with Crippen LogP contribution in [0.5, 0.6) is 5.75 Å². The molecule has 0 spiro atoms. The molecule has 2 heterocycles. The van der Waals surface area contributed by atoms with Gasteiger partial charge in [-0.1, -0.05) is 85.4 Å². The van der Waals surface area contributed by atoms with E-state index in [4.69, 9.17) is 29.0 Å². The average molecular weight is 787 g/mol. The van der Waals surface area contributed by atoms with Crippen molar-refractivity contribution in [1.82, 2.24) is 24.6 Å². The molecule has 0 aliphatic heterocycles. The predicted octanol–water partition coefficient (Wildman–Crippen LogP) is 6.03. The lowest BCUT2D eigenvalue weighted by Crippen LogP contribution is -2.39. The van der Waals surface area contributed by atoms with Gasteiger partial charge in [-0.15, -0.1) is 0 Å². The van der Waals surface area contributed by atoms with E-state index in [0.717, 1.165) is 25.7 Å². The van der Waals surface area contributed by atoms with Gasteiger partial charge in [0, 0.05) is 12.6 Å². The van der Waals surface area contributed by atoms with Crippen molar-refractivity contribution in [3.63, 3.8) is 0 Å². The molecule has 55 heavy (non-hydrogen) atoms. The number of aromatic amines is 1. The van der Waals surface area contributed by atoms with E-state index in [1.165, 1.54) is 10.9 Å². The maximum Gasteiger partial charge on any atom is 0.459 e. The standard InChI is InChI=1S/C38H55N6O10P/c1-7-26(8-2)20-50-31(45)17-16-30(36(48)51-21-27(9-3)10-4)43-55(49,54-29-14-12-11-13-15-29)53-23-38(22-52-35(47)25(5)6)18-28(38)19-44-24-40-32-33(44)41-37(39)42-34(32)46/h11-15,19,24-27,30H,7-10,16-18,20-23H2,1-6H3,(H,43,49)(H3,39,41,42,46)/b28-19-/t30-,38?,55-/m0/s1. The number of hydrogen-bond donors (Lipinski definition) is 3. The summed E-state index contributed by atoms with van der Waals surface area (Å²) in [5.41, 5.74) is 5.30. The summed E-state index contributed by atoms with van der Waals surface area (Å²) in [4.78, 5) is 62.2. The van der Waals surface area contributed by atoms with Crippen molar-refractivity contribution in [3.05, 3.63) is 52.6 Å². The Bertz CT molecular complexity index is 1890. The quantitative estimate of drug-likeness (QED) is 0.0568. The number of hydrogen-bond acceptors (Lipinski definition) is 13. The van der Waals surface area contributed by atoms with Gasteiger partial charge in [-0.2, -0.15) is 10.1 Å². The number of H-pyrrole nitrogens is 1. The summed E-state index contributed by atoms with van der Waals surface area (Å²) < 4.78 is 45.3. The zero-order valence-electron chi connectivity index (χ0n) is 32.6. The summed E-state index contributed by atoms with van der Waals surface area (Å²) in [6, 6.07) is 7.02. The number of fused-ring (bicyclic) bond motifs is 1. The second kappa shape index (κ2) is 19.9. The molecule has 1 saturated carbocycles. The maximum absolute atomic E-state index is 14.8. The van der Waals surface area contributed by atoms with E-state index in [1.807, 2.05) is 27.7 Å². The minimum atomic E-state index is -4.45. The summed E-state index contributed by atoms with van der Waals surface area (Å²) in [6.07, 6.45) is 6.43. The Morgan fingerprint density at radius 1 is 0.982 bits per heavy atom. The number of nitrogens with zero attached hydrogens (tertiary/aromatic N) is 3. The van der Waals surface area contributed by atoms with Crippen molar-refractivity contribution in [3.8, 4) is 5.75 Å². The monoisotopic (exact) mass is 786 g/mol. The first-order valence-corrected chi connectivity index (χ1v) is 20.5. The Morgan fingerprint density at radius 3 is 2.27 bits per heavy atom. The van der Waals surface area contributed by atoms with Gasteiger partial charge in [0.2, 0.25) is 5.95 Å². The number of ether oxygens (including phenoxy) is 3. The molecule has 0 saturated heterocycles. The molecule has 1 aromatic carbocycles. The molecule has 2 aromatic heterocycles. The van der Waals surface area contributed by atoms with Crippen LogP contribution in [-0.4, -0.2) is 69.9 Å². The number of para-hydroxylation sites is 1. The molecular weight excluding hydrogens is 731 g/mol. The van der Waals surface area contributed by atoms with Crippen LogP contribution >= 0.6 is 7.75 Å². The molecule has 4 rings (SSSR count). The van der Waals surface area contributed by atoms with Gasteiger partial charge in [0.1, 0.15) is 24.7 Å². The summed E-state index contributed by atoms with van der Waals surface area (Å²) in [7, 11) is -4.45. The number of esters is 3. The lowest BCUT2D eigenvalue weighted by molar-refractivity contribution is -0.150. The molecular formula is C38H55N6O10P. The molecule has 3 aromatic rings. The minimum absolute atomic E-state index is 0.0753. The van der Waals surface area contributed by atoms with Crippen LogP contribution < -0.4 is 20.9 Å². The number of aromatic nitrogens is 4. The Hall–Kier alpha value is -4.53. The zero-order valence-corrected chi connectivity index (χ0v) is 33.5. The fourth-order valence-electron chi connectivity index (χ4n) is 5.65. The summed E-state index contributed by atoms with van der Waals surface area (Å²) in [5, 5.41) is 2.79. The Kier molecular flexibility index (Phi) is 15.6. The van der Waals surface area contributed by atoms with Crippen LogP contribution in [-0.2, 0) is 37.7 Å². The molecule has 16 nitrogen and oxygen atoms in total. The highest BCUT2D eigenvalue weighted by molar-refractivity contribution is 7.52. The van der Waals surface area contributed by atoms with E-state index in [2.05, 4.69) is 20.0 Å². The zero-order chi connectivity index (χ0) is 40.2. The van der Waals surface area contributed by atoms with Crippen molar-refractivity contribution in [2.24, 2.45) is 23.2 Å². The molecule has 17 heteroatoms. The van der Waals surface area contributed by atoms with Crippen molar-refractivity contribution in [2.45, 2.75) is 92.5 Å². The summed E-state index contributed by atoms with van der Waals surface area (Å²) >= 11 is 0. The van der Waals surface area contributed by atoms with E-state index in [-0.39, 0.29) is 74.0 Å². The van der Waals surface area contributed by atoms with Crippen molar-refractivity contribution >= 4 is 49.0 Å². The summed E-state index contributed by atoms with van der Waals surface area (Å²) in [5.74, 6) is -1.65. The topological polar surface area (TPSA) is 216 Å². The number of rotatable bonds is 23. The van der Waals surface area contributed by atoms with Gasteiger partial charge in [-0.05, 0) is 42.4 Å². The highest BCUT2D eigenvalue weighted by Gasteiger charge is 2.53. The molecule has 302 valence electrons. The van der Waals surface area contributed by atoms with Crippen molar-refractivity contribution in [1.29, 1.82) is 0 Å². The fourth-order valence-corrected chi connectivity index (χ4v) is 7.27. The van der Waals surface area contributed by atoms with E-state index in [0.29, 0.717) is 12.0 Å². The second-order valence-corrected chi connectivity index (χ2v) is 15.9. The van der Waals surface area contributed by atoms with Crippen LogP contribution in [0, 0.1) is 23.2 Å². The number of nitrogens with one attached hydrogen (secondary N) is 2. The number of carbonyl (C=O) groups is 3. The van der Waals surface area contributed by atoms with Gasteiger partial charge in [0.15, 0.2) is 11.2 Å². The molecule has 1 aliphatic rings. The molecule has 1 fully saturated rings. The smallest absolute Gasteiger partial charge is 0.459 e. The lowest BCUT2D eigenvalue weighted by Gasteiger charge is -2.27. The van der Waals surface area contributed by atoms with Gasteiger partial charge in [-0.3, -0.25) is 33.3 Å². The fraction of sp³-hybridized carbons (Fsp3) is 0.579. The lowest BCUT2D eigenvalue weighted by atomic mass is 10.1. The number of nitrogens with two attached hydrogens (primary N) is 1. The van der Waals surface area contributed by atoms with Gasteiger partial charge >= 0.3 is 25.7 Å². The highest BCUT2D eigenvalue weighted by atomic mass is 31.2. The van der Waals surface area contributed by atoms with E-state index < -0.39 is 48.6 Å². The van der Waals surface area contributed by atoms with E-state index in [1.54, 1.807) is 50.4 Å². The van der Waals surface area contributed by atoms with Crippen molar-refractivity contribution < 1.29 is 42.2 Å². The first-order chi connectivity index (χ1) is 26.2. The van der Waals surface area contributed by atoms with Crippen LogP contribution in [0.1, 0.15) is 86.5 Å². The number of benzene rings is 1. The molecule has 1 unspecified atom stereocenters. The average Bonchev–Trinajstić information content (AvgIpc) is 3.70. The van der Waals surface area contributed by atoms with Crippen LogP contribution in [0.15, 0.2) is 47.0 Å². The Balaban J connectivity index is 1.63. The van der Waals surface area contributed by atoms with Gasteiger partial charge in [-0.25, -0.2) is 9.55 Å². The molecule has 1 aliphatic carbocycles. The Labute approximate surface area is 321 Å². The molecule has 0 radical (unpaired) electrons. The summed E-state index contributed by atoms with van der Waals surface area (Å²) in [6.45, 7) is 11.4. The van der Waals surface area contributed by atoms with Gasteiger partial charge in [0.25, 0.3) is 5.56 Å². The van der Waals surface area contributed by atoms with Crippen LogP contribution in [0.4, 0.5) is 5.95 Å². The number of carbonyl (C=O) groups excluding carboxylic acids is 3. The molecule has 0 bridgehead atoms. The Morgan fingerprint density at radius 2 is 1.64 bits per heavy atom. The first-order valence-electron chi connectivity index (χ1n) is 18.9. The first kappa shape index (κ1) is 43.2. The van der Waals surface area contributed by atoms with E-state index in [9.17, 15) is 23.7 Å². The van der Waals surface area contributed by atoms with Crippen LogP contribution in [0.2, 0.25) is 0 Å². The molecule has 4 N–H and O–H groups in total. The second-order valence-electron chi connectivity index (χ2n) is 14.2. The number of anilines is 1.